The summed E-state index contributed by atoms with van der Waals surface area (Å²) in [4.78, 5) is 22.5. The van der Waals surface area contributed by atoms with Crippen molar-refractivity contribution >= 4 is 27.7 Å². The lowest BCUT2D eigenvalue weighted by molar-refractivity contribution is 0.0698. The van der Waals surface area contributed by atoms with E-state index in [2.05, 4.69) is 10.6 Å². The Morgan fingerprint density at radius 3 is 2.55 bits per heavy atom. The minimum atomic E-state index is -3.66. The van der Waals surface area contributed by atoms with Gasteiger partial charge in [0.05, 0.1) is 17.0 Å². The molecule has 0 atom stereocenters. The van der Waals surface area contributed by atoms with E-state index in [4.69, 9.17) is 10.2 Å². The number of nitrogens with one attached hydrogen (secondary N) is 2. The molecule has 20 heavy (non-hydrogen) atoms. The molecule has 2 amide bonds. The van der Waals surface area contributed by atoms with Gasteiger partial charge in [-0.25, -0.2) is 23.1 Å². The number of carboxylic acids is 1. The van der Waals surface area contributed by atoms with E-state index in [1.165, 1.54) is 12.1 Å². The minimum absolute atomic E-state index is 0.0494. The van der Waals surface area contributed by atoms with Gasteiger partial charge >= 0.3 is 12.0 Å². The van der Waals surface area contributed by atoms with Crippen LogP contribution in [0.2, 0.25) is 0 Å². The fraction of sp³-hybridized carbons (Fsp3) is 0.273. The first kappa shape index (κ1) is 15.9. The largest absolute Gasteiger partial charge is 0.478 e. The van der Waals surface area contributed by atoms with E-state index >= 15 is 0 Å². The van der Waals surface area contributed by atoms with Gasteiger partial charge in [0.1, 0.15) is 0 Å². The van der Waals surface area contributed by atoms with Crippen LogP contribution in [0.15, 0.2) is 18.2 Å². The number of carbonyl (C=O) groups is 2. The van der Waals surface area contributed by atoms with Crippen molar-refractivity contribution in [1.82, 2.24) is 5.32 Å². The Bertz CT molecular complexity index is 627. The summed E-state index contributed by atoms with van der Waals surface area (Å²) >= 11 is 0. The van der Waals surface area contributed by atoms with E-state index in [1.54, 1.807) is 13.0 Å². The Morgan fingerprint density at radius 1 is 1.35 bits per heavy atom. The SMILES string of the molecule is Cc1ccc(NC(=O)NCCS(N)(=O)=O)c(C(=O)O)c1. The zero-order valence-electron chi connectivity index (χ0n) is 10.7. The number of hydrogen-bond donors (Lipinski definition) is 4. The lowest BCUT2D eigenvalue weighted by Crippen LogP contribution is -2.34. The number of aryl methyl sites for hydroxylation is 1. The molecule has 110 valence electrons. The van der Waals surface area contributed by atoms with Crippen molar-refractivity contribution in [3.05, 3.63) is 29.3 Å². The summed E-state index contributed by atoms with van der Waals surface area (Å²) in [6.45, 7) is 1.56. The van der Waals surface area contributed by atoms with Gasteiger partial charge in [0.25, 0.3) is 0 Å². The molecule has 0 heterocycles. The lowest BCUT2D eigenvalue weighted by atomic mass is 10.1. The maximum atomic E-state index is 11.5. The average Bonchev–Trinajstić information content (AvgIpc) is 2.29. The van der Waals surface area contributed by atoms with Crippen molar-refractivity contribution in [3.63, 3.8) is 0 Å². The van der Waals surface area contributed by atoms with Crippen molar-refractivity contribution < 1.29 is 23.1 Å². The first-order valence-corrected chi connectivity index (χ1v) is 7.30. The molecule has 0 fully saturated rings. The van der Waals surface area contributed by atoms with Crippen LogP contribution in [0.5, 0.6) is 0 Å². The Kier molecular flexibility index (Phi) is 5.06. The van der Waals surface area contributed by atoms with Crippen LogP contribution >= 0.6 is 0 Å². The number of carboxylic acid groups (broad SMARTS) is 1. The number of benzene rings is 1. The average molecular weight is 301 g/mol. The molecule has 0 saturated carbocycles. The molecule has 0 unspecified atom stereocenters. The number of amides is 2. The molecule has 0 aliphatic carbocycles. The highest BCUT2D eigenvalue weighted by atomic mass is 32.2. The quantitative estimate of drug-likeness (QED) is 0.611. The molecular formula is C11H15N3O5S. The zero-order chi connectivity index (χ0) is 15.3. The van der Waals surface area contributed by atoms with Gasteiger partial charge in [-0.1, -0.05) is 11.6 Å². The van der Waals surface area contributed by atoms with Crippen molar-refractivity contribution in [2.75, 3.05) is 17.6 Å². The summed E-state index contributed by atoms with van der Waals surface area (Å²) in [7, 11) is -3.66. The van der Waals surface area contributed by atoms with Crippen LogP contribution in [0.4, 0.5) is 10.5 Å². The van der Waals surface area contributed by atoms with Gasteiger partial charge in [0.15, 0.2) is 0 Å². The van der Waals surface area contributed by atoms with E-state index in [9.17, 15) is 18.0 Å². The standard InChI is InChI=1S/C11H15N3O5S/c1-7-2-3-9(8(6-7)10(15)16)14-11(17)13-4-5-20(12,18)19/h2-3,6H,4-5H2,1H3,(H,15,16)(H2,12,18,19)(H2,13,14,17). The molecule has 0 aliphatic rings. The molecule has 1 rings (SSSR count). The number of urea groups is 1. The second kappa shape index (κ2) is 6.35. The van der Waals surface area contributed by atoms with Gasteiger partial charge in [-0.05, 0) is 19.1 Å². The Morgan fingerprint density at radius 2 is 2.00 bits per heavy atom. The summed E-state index contributed by atoms with van der Waals surface area (Å²) in [5, 5.41) is 18.4. The van der Waals surface area contributed by atoms with Crippen LogP contribution in [-0.4, -0.2) is 37.8 Å². The van der Waals surface area contributed by atoms with E-state index < -0.39 is 27.8 Å². The van der Waals surface area contributed by atoms with Crippen LogP contribution in [0.25, 0.3) is 0 Å². The fourth-order valence-electron chi connectivity index (χ4n) is 1.42. The van der Waals surface area contributed by atoms with Crippen LogP contribution in [-0.2, 0) is 10.0 Å². The predicted molar refractivity (Wildman–Crippen MR) is 73.1 cm³/mol. The summed E-state index contributed by atoms with van der Waals surface area (Å²) in [6, 6.07) is 3.81. The molecule has 0 saturated heterocycles. The van der Waals surface area contributed by atoms with Crippen LogP contribution in [0.1, 0.15) is 15.9 Å². The molecule has 0 aromatic heterocycles. The van der Waals surface area contributed by atoms with E-state index in [1.807, 2.05) is 0 Å². The number of anilines is 1. The normalized spacial score (nSPS) is 10.9. The van der Waals surface area contributed by atoms with Crippen LogP contribution < -0.4 is 15.8 Å². The number of carbonyl (C=O) groups excluding carboxylic acids is 1. The van der Waals surface area contributed by atoms with Crippen molar-refractivity contribution in [2.24, 2.45) is 5.14 Å². The third-order valence-corrected chi connectivity index (χ3v) is 3.10. The van der Waals surface area contributed by atoms with Crippen LogP contribution in [0, 0.1) is 6.92 Å². The van der Waals surface area contributed by atoms with E-state index in [0.717, 1.165) is 5.56 Å². The second-order valence-electron chi connectivity index (χ2n) is 4.10. The first-order valence-electron chi connectivity index (χ1n) is 5.58. The maximum absolute atomic E-state index is 11.5. The highest BCUT2D eigenvalue weighted by molar-refractivity contribution is 7.89. The van der Waals surface area contributed by atoms with Crippen LogP contribution in [0.3, 0.4) is 0 Å². The van der Waals surface area contributed by atoms with Gasteiger partial charge in [-0.15, -0.1) is 0 Å². The van der Waals surface area contributed by atoms with E-state index in [-0.39, 0.29) is 17.8 Å². The third kappa shape index (κ3) is 5.24. The Hall–Kier alpha value is -2.13. The highest BCUT2D eigenvalue weighted by Crippen LogP contribution is 2.17. The molecule has 0 radical (unpaired) electrons. The summed E-state index contributed by atoms with van der Waals surface area (Å²) in [5.41, 5.74) is 0.811. The fourth-order valence-corrected chi connectivity index (χ4v) is 1.80. The molecule has 0 aliphatic heterocycles. The number of nitrogens with two attached hydrogens (primary N) is 1. The molecule has 9 heteroatoms. The smallest absolute Gasteiger partial charge is 0.337 e. The van der Waals surface area contributed by atoms with Crippen molar-refractivity contribution in [1.29, 1.82) is 0 Å². The molecule has 0 bridgehead atoms. The van der Waals surface area contributed by atoms with Gasteiger partial charge in [-0.2, -0.15) is 0 Å². The summed E-state index contributed by atoms with van der Waals surface area (Å²) in [5.74, 6) is -1.58. The molecule has 8 nitrogen and oxygen atoms in total. The molecule has 1 aromatic rings. The zero-order valence-corrected chi connectivity index (χ0v) is 11.5. The molecule has 5 N–H and O–H groups in total. The van der Waals surface area contributed by atoms with E-state index in [0.29, 0.717) is 0 Å². The highest BCUT2D eigenvalue weighted by Gasteiger charge is 2.12. The van der Waals surface area contributed by atoms with Crippen molar-refractivity contribution in [2.45, 2.75) is 6.92 Å². The number of rotatable bonds is 5. The van der Waals surface area contributed by atoms with Gasteiger partial charge < -0.3 is 15.7 Å². The van der Waals surface area contributed by atoms with Crippen molar-refractivity contribution in [3.8, 4) is 0 Å². The number of primary sulfonamides is 1. The first-order chi connectivity index (χ1) is 9.19. The minimum Gasteiger partial charge on any atom is -0.478 e. The molecule has 1 aromatic carbocycles. The second-order valence-corrected chi connectivity index (χ2v) is 5.84. The topological polar surface area (TPSA) is 139 Å². The lowest BCUT2D eigenvalue weighted by Gasteiger charge is -2.10. The van der Waals surface area contributed by atoms with Gasteiger partial charge in [0, 0.05) is 6.54 Å². The summed E-state index contributed by atoms with van der Waals surface area (Å²) < 4.78 is 21.4. The monoisotopic (exact) mass is 301 g/mol. The predicted octanol–water partition coefficient (Wildman–Crippen LogP) is 0.103. The molecule has 0 spiro atoms. The summed E-state index contributed by atoms with van der Waals surface area (Å²) in [6.07, 6.45) is 0. The number of sulfonamides is 1. The third-order valence-electron chi connectivity index (χ3n) is 2.33. The van der Waals surface area contributed by atoms with Gasteiger partial charge in [-0.3, -0.25) is 0 Å². The molecular weight excluding hydrogens is 286 g/mol. The Labute approximate surface area is 116 Å². The maximum Gasteiger partial charge on any atom is 0.337 e. The number of hydrogen-bond acceptors (Lipinski definition) is 4. The number of aromatic carboxylic acids is 1. The van der Waals surface area contributed by atoms with Gasteiger partial charge in [0.2, 0.25) is 10.0 Å². The Balaban J connectivity index is 2.69.